The molecule has 28 heavy (non-hydrogen) atoms. The molecular weight excluding hydrogens is 378 g/mol. The zero-order valence-electron chi connectivity index (χ0n) is 17.4. The first-order chi connectivity index (χ1) is 13.0. The summed E-state index contributed by atoms with van der Waals surface area (Å²) in [6.45, 7) is 7.91. The van der Waals surface area contributed by atoms with Crippen molar-refractivity contribution in [1.29, 1.82) is 0 Å². The maximum absolute atomic E-state index is 11.8. The molecule has 1 aliphatic heterocycles. The summed E-state index contributed by atoms with van der Waals surface area (Å²) in [5.41, 5.74) is 6.66. The molecule has 0 bridgehead atoms. The number of nitrogens with zero attached hydrogens (tertiary/aromatic N) is 1. The summed E-state index contributed by atoms with van der Waals surface area (Å²) in [6, 6.07) is 6.52. The van der Waals surface area contributed by atoms with E-state index < -0.39 is 0 Å². The van der Waals surface area contributed by atoms with E-state index >= 15 is 0 Å². The Bertz CT molecular complexity index is 598. The van der Waals surface area contributed by atoms with Crippen molar-refractivity contribution in [2.24, 2.45) is 11.7 Å². The Kier molecular flexibility index (Phi) is 11.3. The molecule has 160 valence electrons. The van der Waals surface area contributed by atoms with Gasteiger partial charge in [0.25, 0.3) is 0 Å². The Morgan fingerprint density at radius 2 is 2.11 bits per heavy atom. The maximum atomic E-state index is 11.8. The van der Waals surface area contributed by atoms with Crippen LogP contribution in [0, 0.1) is 5.92 Å². The summed E-state index contributed by atoms with van der Waals surface area (Å²) in [5, 5.41) is 3.03. The zero-order chi connectivity index (χ0) is 19.6. The van der Waals surface area contributed by atoms with Gasteiger partial charge in [-0.05, 0) is 43.0 Å². The Labute approximate surface area is 175 Å². The second-order valence-electron chi connectivity index (χ2n) is 7.65. The Balaban J connectivity index is 0.00000392. The number of nitrogens with two attached hydrogens (primary N) is 1. The van der Waals surface area contributed by atoms with Crippen molar-refractivity contribution in [3.8, 4) is 11.5 Å². The van der Waals surface area contributed by atoms with E-state index in [-0.39, 0.29) is 18.3 Å². The molecule has 3 N–H and O–H groups in total. The zero-order valence-corrected chi connectivity index (χ0v) is 18.2. The van der Waals surface area contributed by atoms with Gasteiger partial charge in [0, 0.05) is 32.1 Å². The Morgan fingerprint density at radius 1 is 1.32 bits per heavy atom. The van der Waals surface area contributed by atoms with Gasteiger partial charge >= 0.3 is 0 Å². The number of benzene rings is 1. The number of ether oxygens (including phenoxy) is 2. The molecule has 0 radical (unpaired) electrons. The summed E-state index contributed by atoms with van der Waals surface area (Å²) in [5.74, 6) is 2.07. The van der Waals surface area contributed by atoms with Crippen LogP contribution >= 0.6 is 12.4 Å². The third kappa shape index (κ3) is 7.86. The van der Waals surface area contributed by atoms with Crippen LogP contribution < -0.4 is 20.5 Å². The highest BCUT2D eigenvalue weighted by Gasteiger charge is 2.23. The van der Waals surface area contributed by atoms with E-state index in [2.05, 4.69) is 36.2 Å². The number of likely N-dealkylation sites (tertiary alicyclic amines) is 1. The number of halogens is 1. The lowest BCUT2D eigenvalue weighted by Crippen LogP contribution is -2.46. The number of rotatable bonds is 10. The molecule has 1 amide bonds. The molecule has 1 aromatic rings. The molecule has 1 aliphatic rings. The third-order valence-electron chi connectivity index (χ3n) is 4.84. The van der Waals surface area contributed by atoms with Gasteiger partial charge in [-0.1, -0.05) is 26.3 Å². The van der Waals surface area contributed by atoms with Gasteiger partial charge in [0.2, 0.25) is 5.91 Å². The van der Waals surface area contributed by atoms with E-state index in [0.29, 0.717) is 38.1 Å². The fraction of sp³-hybridized carbons (Fsp3) is 0.667. The minimum absolute atomic E-state index is 0. The van der Waals surface area contributed by atoms with Crippen molar-refractivity contribution in [3.63, 3.8) is 0 Å². The van der Waals surface area contributed by atoms with Crippen molar-refractivity contribution in [1.82, 2.24) is 10.2 Å². The number of methoxy groups -OCH3 is 1. The quantitative estimate of drug-likeness (QED) is 0.616. The van der Waals surface area contributed by atoms with Crippen LogP contribution in [-0.4, -0.2) is 50.2 Å². The van der Waals surface area contributed by atoms with Crippen molar-refractivity contribution >= 4 is 18.3 Å². The van der Waals surface area contributed by atoms with Gasteiger partial charge in [-0.2, -0.15) is 0 Å². The number of hydrogen-bond donors (Lipinski definition) is 2. The fourth-order valence-corrected chi connectivity index (χ4v) is 3.37. The predicted molar refractivity (Wildman–Crippen MR) is 115 cm³/mol. The molecule has 1 heterocycles. The monoisotopic (exact) mass is 413 g/mol. The van der Waals surface area contributed by atoms with Gasteiger partial charge in [-0.3, -0.25) is 9.69 Å². The molecule has 0 aliphatic carbocycles. The number of piperidine rings is 1. The Hall–Kier alpha value is -1.50. The average Bonchev–Trinajstić information content (AvgIpc) is 2.66. The van der Waals surface area contributed by atoms with Crippen LogP contribution in [0.2, 0.25) is 0 Å². The number of hydrogen-bond acceptors (Lipinski definition) is 5. The summed E-state index contributed by atoms with van der Waals surface area (Å²) in [6.07, 6.45) is 3.90. The van der Waals surface area contributed by atoms with E-state index in [0.717, 1.165) is 31.0 Å². The smallest absolute Gasteiger partial charge is 0.221 e. The second kappa shape index (κ2) is 12.9. The van der Waals surface area contributed by atoms with E-state index in [4.69, 9.17) is 15.2 Å². The molecule has 1 fully saturated rings. The molecular formula is C21H36ClN3O3. The molecule has 7 heteroatoms. The first kappa shape index (κ1) is 24.5. The van der Waals surface area contributed by atoms with Crippen molar-refractivity contribution < 1.29 is 14.3 Å². The van der Waals surface area contributed by atoms with Gasteiger partial charge in [0.15, 0.2) is 11.5 Å². The third-order valence-corrected chi connectivity index (χ3v) is 4.84. The first-order valence-corrected chi connectivity index (χ1v) is 10.0. The van der Waals surface area contributed by atoms with Crippen LogP contribution in [0.5, 0.6) is 11.5 Å². The molecule has 0 aromatic heterocycles. The molecule has 1 unspecified atom stereocenters. The topological polar surface area (TPSA) is 76.8 Å². The SMILES string of the molecule is COc1ccc(CN2CCCCC2CNC(=O)CCN)cc1OCC(C)C.Cl. The normalized spacial score (nSPS) is 17.1. The molecule has 6 nitrogen and oxygen atoms in total. The molecule has 1 atom stereocenters. The van der Waals surface area contributed by atoms with E-state index in [1.165, 1.54) is 18.4 Å². The highest BCUT2D eigenvalue weighted by Crippen LogP contribution is 2.30. The number of carbonyl (C=O) groups excluding carboxylic acids is 1. The van der Waals surface area contributed by atoms with Crippen LogP contribution in [0.25, 0.3) is 0 Å². The van der Waals surface area contributed by atoms with Gasteiger partial charge in [0.05, 0.1) is 13.7 Å². The van der Waals surface area contributed by atoms with E-state index in [1.807, 2.05) is 6.07 Å². The van der Waals surface area contributed by atoms with Crippen LogP contribution in [-0.2, 0) is 11.3 Å². The minimum Gasteiger partial charge on any atom is -0.493 e. The summed E-state index contributed by atoms with van der Waals surface area (Å²) in [7, 11) is 1.67. The number of nitrogens with one attached hydrogen (secondary N) is 1. The minimum atomic E-state index is 0. The van der Waals surface area contributed by atoms with Gasteiger partial charge in [0.1, 0.15) is 0 Å². The predicted octanol–water partition coefficient (Wildman–Crippen LogP) is 2.97. The molecule has 0 saturated carbocycles. The van der Waals surface area contributed by atoms with Crippen LogP contribution in [0.1, 0.15) is 45.1 Å². The molecule has 1 aromatic carbocycles. The fourth-order valence-electron chi connectivity index (χ4n) is 3.37. The Morgan fingerprint density at radius 3 is 2.79 bits per heavy atom. The highest BCUT2D eigenvalue weighted by atomic mass is 35.5. The van der Waals surface area contributed by atoms with E-state index in [1.54, 1.807) is 7.11 Å². The highest BCUT2D eigenvalue weighted by molar-refractivity contribution is 5.85. The molecule has 2 rings (SSSR count). The number of amides is 1. The van der Waals surface area contributed by atoms with Crippen molar-refractivity contribution in [2.75, 3.05) is 33.4 Å². The molecule has 0 spiro atoms. The average molecular weight is 414 g/mol. The van der Waals surface area contributed by atoms with Crippen LogP contribution in [0.3, 0.4) is 0 Å². The second-order valence-corrected chi connectivity index (χ2v) is 7.65. The molecule has 1 saturated heterocycles. The lowest BCUT2D eigenvalue weighted by atomic mass is 10.0. The van der Waals surface area contributed by atoms with Crippen molar-refractivity contribution in [3.05, 3.63) is 23.8 Å². The van der Waals surface area contributed by atoms with Gasteiger partial charge in [-0.25, -0.2) is 0 Å². The van der Waals surface area contributed by atoms with E-state index in [9.17, 15) is 4.79 Å². The number of carbonyl (C=O) groups is 1. The maximum Gasteiger partial charge on any atom is 0.221 e. The summed E-state index contributed by atoms with van der Waals surface area (Å²) in [4.78, 5) is 14.2. The van der Waals surface area contributed by atoms with Crippen LogP contribution in [0.15, 0.2) is 18.2 Å². The summed E-state index contributed by atoms with van der Waals surface area (Å²) < 4.78 is 11.4. The summed E-state index contributed by atoms with van der Waals surface area (Å²) >= 11 is 0. The lowest BCUT2D eigenvalue weighted by Gasteiger charge is -2.36. The van der Waals surface area contributed by atoms with Gasteiger partial charge < -0.3 is 20.5 Å². The standard InChI is InChI=1S/C21H35N3O3.ClH/c1-16(2)15-27-20-12-17(7-8-19(20)26-3)14-24-11-5-4-6-18(24)13-23-21(25)9-10-22;/h7-8,12,16,18H,4-6,9-11,13-15,22H2,1-3H3,(H,23,25);1H. The largest absolute Gasteiger partial charge is 0.493 e. The first-order valence-electron chi connectivity index (χ1n) is 10.0. The lowest BCUT2D eigenvalue weighted by molar-refractivity contribution is -0.121. The van der Waals surface area contributed by atoms with Crippen molar-refractivity contribution in [2.45, 2.75) is 52.1 Å². The van der Waals surface area contributed by atoms with Gasteiger partial charge in [-0.15, -0.1) is 12.4 Å². The van der Waals surface area contributed by atoms with Crippen LogP contribution in [0.4, 0.5) is 0 Å².